The standard InChI is InChI=1S/C16H18N2O4S/c1-9-12(16(21)22-2)14(11-4-3-7-23-11)13-10(17-9)8-18(5-6-19)15(13)20/h3-4,7,14,17,19H,5-6,8H2,1-2H3. The van der Waals surface area contributed by atoms with Crippen molar-refractivity contribution in [1.82, 2.24) is 10.2 Å². The summed E-state index contributed by atoms with van der Waals surface area (Å²) in [6, 6.07) is 3.82. The maximum absolute atomic E-state index is 12.7. The number of carbonyl (C=O) groups is 2. The Labute approximate surface area is 138 Å². The Bertz CT molecular complexity index is 706. The molecule has 1 aromatic rings. The van der Waals surface area contributed by atoms with Gasteiger partial charge in [0.2, 0.25) is 0 Å². The Morgan fingerprint density at radius 2 is 2.35 bits per heavy atom. The Hall–Kier alpha value is -2.12. The number of allylic oxidation sites excluding steroid dienone is 1. The predicted octanol–water partition coefficient (Wildman–Crippen LogP) is 0.970. The van der Waals surface area contributed by atoms with Gasteiger partial charge in [-0.3, -0.25) is 4.79 Å². The van der Waals surface area contributed by atoms with Crippen molar-refractivity contribution in [3.8, 4) is 0 Å². The van der Waals surface area contributed by atoms with Crippen LogP contribution < -0.4 is 5.32 Å². The summed E-state index contributed by atoms with van der Waals surface area (Å²) in [5.74, 6) is -1.00. The Morgan fingerprint density at radius 3 is 2.96 bits per heavy atom. The molecule has 1 atom stereocenters. The molecule has 3 heterocycles. The highest BCUT2D eigenvalue weighted by atomic mass is 32.1. The Balaban J connectivity index is 2.08. The molecule has 3 rings (SSSR count). The second kappa shape index (κ2) is 6.17. The van der Waals surface area contributed by atoms with Crippen LogP contribution in [0.3, 0.4) is 0 Å². The van der Waals surface area contributed by atoms with Crippen LogP contribution in [0.4, 0.5) is 0 Å². The lowest BCUT2D eigenvalue weighted by Gasteiger charge is -2.27. The van der Waals surface area contributed by atoms with E-state index in [0.717, 1.165) is 10.6 Å². The zero-order chi connectivity index (χ0) is 16.6. The molecule has 0 radical (unpaired) electrons. The summed E-state index contributed by atoms with van der Waals surface area (Å²) in [5.41, 5.74) is 2.54. The second-order valence-electron chi connectivity index (χ2n) is 5.45. The van der Waals surface area contributed by atoms with E-state index in [4.69, 9.17) is 9.84 Å². The van der Waals surface area contributed by atoms with Crippen molar-refractivity contribution in [1.29, 1.82) is 0 Å². The lowest BCUT2D eigenvalue weighted by molar-refractivity contribution is -0.136. The first-order valence-corrected chi connectivity index (χ1v) is 8.19. The number of rotatable bonds is 4. The number of methoxy groups -OCH3 is 1. The van der Waals surface area contributed by atoms with Crippen LogP contribution in [0.5, 0.6) is 0 Å². The van der Waals surface area contributed by atoms with Gasteiger partial charge in [-0.2, -0.15) is 0 Å². The van der Waals surface area contributed by atoms with Gasteiger partial charge in [0.25, 0.3) is 5.91 Å². The van der Waals surface area contributed by atoms with Crippen molar-refractivity contribution in [2.75, 3.05) is 26.8 Å². The molecule has 1 unspecified atom stereocenters. The number of aliphatic hydroxyl groups excluding tert-OH is 1. The van der Waals surface area contributed by atoms with E-state index < -0.39 is 11.9 Å². The van der Waals surface area contributed by atoms with E-state index in [-0.39, 0.29) is 19.1 Å². The van der Waals surface area contributed by atoms with Crippen molar-refractivity contribution < 1.29 is 19.4 Å². The third kappa shape index (κ3) is 2.55. The summed E-state index contributed by atoms with van der Waals surface area (Å²) in [4.78, 5) is 27.5. The number of aliphatic hydroxyl groups is 1. The molecule has 0 aromatic carbocycles. The fourth-order valence-corrected chi connectivity index (χ4v) is 3.97. The number of ether oxygens (including phenoxy) is 1. The first kappa shape index (κ1) is 15.8. The maximum atomic E-state index is 12.7. The molecule has 0 aliphatic carbocycles. The quantitative estimate of drug-likeness (QED) is 0.802. The van der Waals surface area contributed by atoms with Gasteiger partial charge in [-0.1, -0.05) is 6.07 Å². The summed E-state index contributed by atoms with van der Waals surface area (Å²) in [5, 5.41) is 14.2. The molecule has 0 saturated carbocycles. The van der Waals surface area contributed by atoms with E-state index in [1.54, 1.807) is 4.90 Å². The van der Waals surface area contributed by atoms with Crippen LogP contribution in [0.25, 0.3) is 0 Å². The minimum absolute atomic E-state index is 0.0910. The number of dihydropyridines is 1. The predicted molar refractivity (Wildman–Crippen MR) is 85.6 cm³/mol. The first-order valence-electron chi connectivity index (χ1n) is 7.31. The number of hydrogen-bond acceptors (Lipinski definition) is 6. The largest absolute Gasteiger partial charge is 0.466 e. The molecular formula is C16H18N2O4S. The van der Waals surface area contributed by atoms with Crippen LogP contribution in [-0.4, -0.2) is 48.7 Å². The topological polar surface area (TPSA) is 78.9 Å². The first-order chi connectivity index (χ1) is 11.1. The van der Waals surface area contributed by atoms with Gasteiger partial charge >= 0.3 is 5.97 Å². The second-order valence-corrected chi connectivity index (χ2v) is 6.43. The van der Waals surface area contributed by atoms with E-state index in [9.17, 15) is 9.59 Å². The van der Waals surface area contributed by atoms with Crippen LogP contribution in [0.15, 0.2) is 40.1 Å². The third-order valence-corrected chi connectivity index (χ3v) is 5.05. The molecule has 2 aliphatic heterocycles. The molecule has 7 heteroatoms. The molecule has 0 fully saturated rings. The molecule has 1 aromatic heterocycles. The molecule has 2 aliphatic rings. The number of nitrogens with zero attached hydrogens (tertiary/aromatic N) is 1. The maximum Gasteiger partial charge on any atom is 0.336 e. The van der Waals surface area contributed by atoms with E-state index in [1.165, 1.54) is 18.4 Å². The van der Waals surface area contributed by atoms with Gasteiger partial charge in [0, 0.05) is 22.8 Å². The van der Waals surface area contributed by atoms with Crippen LogP contribution >= 0.6 is 11.3 Å². The number of β-amino-alcohol motifs (C(OH)–C–C–N with tert-alkyl or cyclic N) is 1. The molecule has 0 bridgehead atoms. The van der Waals surface area contributed by atoms with Gasteiger partial charge in [0.1, 0.15) is 0 Å². The van der Waals surface area contributed by atoms with Gasteiger partial charge in [-0.05, 0) is 18.4 Å². The monoisotopic (exact) mass is 334 g/mol. The summed E-state index contributed by atoms with van der Waals surface area (Å²) >= 11 is 1.50. The zero-order valence-corrected chi connectivity index (χ0v) is 13.8. The highest BCUT2D eigenvalue weighted by Crippen LogP contribution is 2.43. The number of nitrogens with one attached hydrogen (secondary N) is 1. The zero-order valence-electron chi connectivity index (χ0n) is 13.0. The number of carbonyl (C=O) groups excluding carboxylic acids is 2. The summed E-state index contributed by atoms with van der Waals surface area (Å²) < 4.78 is 4.93. The molecule has 122 valence electrons. The van der Waals surface area contributed by atoms with Crippen LogP contribution in [0.1, 0.15) is 17.7 Å². The molecule has 0 saturated heterocycles. The number of hydrogen-bond donors (Lipinski definition) is 2. The van der Waals surface area contributed by atoms with Gasteiger partial charge < -0.3 is 20.1 Å². The van der Waals surface area contributed by atoms with Crippen molar-refractivity contribution in [2.45, 2.75) is 12.8 Å². The van der Waals surface area contributed by atoms with Crippen molar-refractivity contribution in [3.05, 3.63) is 44.9 Å². The smallest absolute Gasteiger partial charge is 0.336 e. The molecule has 1 amide bonds. The van der Waals surface area contributed by atoms with E-state index in [0.29, 0.717) is 23.4 Å². The van der Waals surface area contributed by atoms with Crippen LogP contribution in [0.2, 0.25) is 0 Å². The van der Waals surface area contributed by atoms with E-state index in [1.807, 2.05) is 24.4 Å². The lowest BCUT2D eigenvalue weighted by Crippen LogP contribution is -2.31. The average Bonchev–Trinajstić information content (AvgIpc) is 3.15. The Kier molecular flexibility index (Phi) is 4.23. The van der Waals surface area contributed by atoms with Crippen molar-refractivity contribution in [3.63, 3.8) is 0 Å². The van der Waals surface area contributed by atoms with Gasteiger partial charge in [-0.15, -0.1) is 11.3 Å². The molecule has 2 N–H and O–H groups in total. The minimum Gasteiger partial charge on any atom is -0.466 e. The fraction of sp³-hybridized carbons (Fsp3) is 0.375. The number of thiophene rings is 1. The van der Waals surface area contributed by atoms with E-state index >= 15 is 0 Å². The number of amides is 1. The fourth-order valence-electron chi connectivity index (χ4n) is 3.13. The van der Waals surface area contributed by atoms with Gasteiger partial charge in [-0.25, -0.2) is 4.79 Å². The highest BCUT2D eigenvalue weighted by Gasteiger charge is 2.43. The summed E-state index contributed by atoms with van der Waals surface area (Å²) in [6.45, 7) is 2.42. The van der Waals surface area contributed by atoms with Crippen molar-refractivity contribution >= 4 is 23.2 Å². The summed E-state index contributed by atoms with van der Waals surface area (Å²) in [7, 11) is 1.34. The lowest BCUT2D eigenvalue weighted by atomic mass is 9.85. The third-order valence-electron chi connectivity index (χ3n) is 4.11. The average molecular weight is 334 g/mol. The Morgan fingerprint density at radius 1 is 1.57 bits per heavy atom. The molecule has 6 nitrogen and oxygen atoms in total. The molecule has 0 spiro atoms. The molecule has 23 heavy (non-hydrogen) atoms. The van der Waals surface area contributed by atoms with Gasteiger partial charge in [0.15, 0.2) is 0 Å². The molecular weight excluding hydrogens is 316 g/mol. The van der Waals surface area contributed by atoms with Crippen LogP contribution in [-0.2, 0) is 14.3 Å². The minimum atomic E-state index is -0.437. The SMILES string of the molecule is COC(=O)C1=C(C)NC2=C(C(=O)N(CCO)C2)C1c1cccs1. The van der Waals surface area contributed by atoms with Crippen molar-refractivity contribution in [2.24, 2.45) is 0 Å². The highest BCUT2D eigenvalue weighted by molar-refractivity contribution is 7.10. The summed E-state index contributed by atoms with van der Waals surface area (Å²) in [6.07, 6.45) is 0. The van der Waals surface area contributed by atoms with Crippen LogP contribution in [0, 0.1) is 0 Å². The van der Waals surface area contributed by atoms with Gasteiger partial charge in [0.05, 0.1) is 37.3 Å². The number of esters is 1. The van der Waals surface area contributed by atoms with E-state index in [2.05, 4.69) is 5.32 Å². The normalized spacial score (nSPS) is 20.7.